The van der Waals surface area contributed by atoms with Gasteiger partial charge in [0, 0.05) is 44.4 Å². The van der Waals surface area contributed by atoms with E-state index < -0.39 is 18.0 Å². The Kier molecular flexibility index (Phi) is 6.75. The Morgan fingerprint density at radius 3 is 2.62 bits per heavy atom. The summed E-state index contributed by atoms with van der Waals surface area (Å²) in [6.45, 7) is 3.13. The minimum Gasteiger partial charge on any atom is -0.487 e. The molecule has 9 heteroatoms. The Labute approximate surface area is 201 Å². The molecule has 1 aromatic heterocycles. The van der Waals surface area contributed by atoms with Crippen molar-refractivity contribution in [1.82, 2.24) is 15.2 Å². The molecule has 5 rings (SSSR count). The molecule has 2 fully saturated rings. The number of nitrogens with zero attached hydrogens (tertiary/aromatic N) is 3. The fraction of sp³-hybridized carbons (Fsp3) is 0.360. The summed E-state index contributed by atoms with van der Waals surface area (Å²) in [6.07, 6.45) is 0.565. The number of hydrogen-bond acceptors (Lipinski definition) is 7. The first-order valence-electron chi connectivity index (χ1n) is 11.4. The van der Waals surface area contributed by atoms with E-state index in [9.17, 15) is 14.3 Å². The molecule has 1 saturated carbocycles. The second-order valence-electron chi connectivity index (χ2n) is 8.63. The molecule has 1 aliphatic heterocycles. The zero-order valence-electron chi connectivity index (χ0n) is 18.6. The van der Waals surface area contributed by atoms with Gasteiger partial charge in [0.05, 0.1) is 23.8 Å². The van der Waals surface area contributed by atoms with E-state index in [0.29, 0.717) is 17.0 Å². The predicted octanol–water partition coefficient (Wildman–Crippen LogP) is 2.78. The van der Waals surface area contributed by atoms with E-state index in [0.717, 1.165) is 26.2 Å². The zero-order valence-corrected chi connectivity index (χ0v) is 19.4. The average molecular weight is 483 g/mol. The molecular formula is C25H27FN4O3S. The first kappa shape index (κ1) is 22.8. The Bertz CT molecular complexity index is 1090. The molecule has 0 unspecified atom stereocenters. The van der Waals surface area contributed by atoms with Crippen LogP contribution in [0.1, 0.15) is 16.1 Å². The SMILES string of the molecule is O=C(N[C@@H]1C[C@@H](Oc2cccc(F)c2)[C@H](O)[C@H]1N1CCN(c2ccccc2)CC1)c1cncs1. The minimum absolute atomic E-state index is 0.209. The monoisotopic (exact) mass is 482 g/mol. The zero-order chi connectivity index (χ0) is 23.5. The lowest BCUT2D eigenvalue weighted by atomic mass is 10.1. The van der Waals surface area contributed by atoms with Gasteiger partial charge in [-0.2, -0.15) is 0 Å². The van der Waals surface area contributed by atoms with Crippen molar-refractivity contribution < 1.29 is 19.0 Å². The molecule has 1 aliphatic carbocycles. The molecule has 2 N–H and O–H groups in total. The average Bonchev–Trinajstić information content (AvgIpc) is 3.49. The number of anilines is 1. The van der Waals surface area contributed by atoms with Crippen molar-refractivity contribution in [3.8, 4) is 5.75 Å². The fourth-order valence-corrected chi connectivity index (χ4v) is 5.44. The topological polar surface area (TPSA) is 77.9 Å². The van der Waals surface area contributed by atoms with Gasteiger partial charge in [0.25, 0.3) is 5.91 Å². The van der Waals surface area contributed by atoms with Crippen LogP contribution in [-0.4, -0.2) is 71.4 Å². The van der Waals surface area contributed by atoms with Gasteiger partial charge in [0.1, 0.15) is 28.7 Å². The van der Waals surface area contributed by atoms with Gasteiger partial charge >= 0.3 is 0 Å². The summed E-state index contributed by atoms with van der Waals surface area (Å²) in [4.78, 5) is 21.9. The van der Waals surface area contributed by atoms with Gasteiger partial charge in [-0.15, -0.1) is 11.3 Å². The van der Waals surface area contributed by atoms with E-state index >= 15 is 0 Å². The van der Waals surface area contributed by atoms with Gasteiger partial charge in [0.2, 0.25) is 0 Å². The second kappa shape index (κ2) is 10.1. The predicted molar refractivity (Wildman–Crippen MR) is 129 cm³/mol. The van der Waals surface area contributed by atoms with E-state index in [-0.39, 0.29) is 18.0 Å². The fourth-order valence-electron chi connectivity index (χ4n) is 4.92. The highest BCUT2D eigenvalue weighted by Gasteiger charge is 2.48. The van der Waals surface area contributed by atoms with Crippen molar-refractivity contribution in [3.63, 3.8) is 0 Å². The van der Waals surface area contributed by atoms with Crippen LogP contribution in [0.3, 0.4) is 0 Å². The van der Waals surface area contributed by atoms with E-state index in [4.69, 9.17) is 4.74 Å². The highest BCUT2D eigenvalue weighted by molar-refractivity contribution is 7.11. The van der Waals surface area contributed by atoms with Crippen molar-refractivity contribution >= 4 is 22.9 Å². The van der Waals surface area contributed by atoms with Crippen LogP contribution in [0.4, 0.5) is 10.1 Å². The molecule has 0 bridgehead atoms. The van der Waals surface area contributed by atoms with Crippen LogP contribution in [0.15, 0.2) is 66.3 Å². The number of thiazole rings is 1. The number of amides is 1. The third kappa shape index (κ3) is 4.91. The minimum atomic E-state index is -0.835. The molecule has 34 heavy (non-hydrogen) atoms. The Hall–Kier alpha value is -3.01. The van der Waals surface area contributed by atoms with Crippen LogP contribution in [0.25, 0.3) is 0 Å². The molecule has 2 aromatic carbocycles. The summed E-state index contributed by atoms with van der Waals surface area (Å²) in [6, 6.07) is 15.5. The Morgan fingerprint density at radius 1 is 1.12 bits per heavy atom. The van der Waals surface area contributed by atoms with E-state index in [1.165, 1.54) is 29.2 Å². The first-order valence-corrected chi connectivity index (χ1v) is 12.3. The number of aliphatic hydroxyl groups is 1. The number of carbonyl (C=O) groups is 1. The number of piperazine rings is 1. The van der Waals surface area contributed by atoms with Crippen LogP contribution in [0.5, 0.6) is 5.75 Å². The number of ether oxygens (including phenoxy) is 1. The molecule has 7 nitrogen and oxygen atoms in total. The van der Waals surface area contributed by atoms with Gasteiger partial charge in [-0.1, -0.05) is 24.3 Å². The Balaban J connectivity index is 1.32. The number of para-hydroxylation sites is 1. The molecular weight excluding hydrogens is 455 g/mol. The largest absolute Gasteiger partial charge is 0.487 e. The number of rotatable bonds is 6. The van der Waals surface area contributed by atoms with Crippen molar-refractivity contribution in [2.75, 3.05) is 31.1 Å². The highest BCUT2D eigenvalue weighted by atomic mass is 32.1. The summed E-state index contributed by atoms with van der Waals surface area (Å²) in [7, 11) is 0. The molecule has 2 heterocycles. The van der Waals surface area contributed by atoms with Crippen LogP contribution in [0, 0.1) is 5.82 Å². The third-order valence-electron chi connectivity index (χ3n) is 6.54. The number of nitrogens with one attached hydrogen (secondary N) is 1. The molecule has 4 atom stereocenters. The second-order valence-corrected chi connectivity index (χ2v) is 9.52. The summed E-state index contributed by atoms with van der Waals surface area (Å²) >= 11 is 1.28. The van der Waals surface area contributed by atoms with Gasteiger partial charge in [0.15, 0.2) is 0 Å². The number of carbonyl (C=O) groups excluding carboxylic acids is 1. The number of halogens is 1. The molecule has 2 aliphatic rings. The van der Waals surface area contributed by atoms with Crippen molar-refractivity contribution in [1.29, 1.82) is 0 Å². The molecule has 0 radical (unpaired) electrons. The summed E-state index contributed by atoms with van der Waals surface area (Å²) in [5, 5.41) is 14.4. The van der Waals surface area contributed by atoms with Crippen molar-refractivity contribution in [2.24, 2.45) is 0 Å². The van der Waals surface area contributed by atoms with Gasteiger partial charge in [-0.3, -0.25) is 14.7 Å². The number of aliphatic hydroxyl groups excluding tert-OH is 1. The van der Waals surface area contributed by atoms with Crippen LogP contribution < -0.4 is 15.0 Å². The highest BCUT2D eigenvalue weighted by Crippen LogP contribution is 2.31. The quantitative estimate of drug-likeness (QED) is 0.563. The lowest BCUT2D eigenvalue weighted by Crippen LogP contribution is -2.59. The van der Waals surface area contributed by atoms with E-state index in [1.807, 2.05) is 18.2 Å². The molecule has 178 valence electrons. The van der Waals surface area contributed by atoms with Gasteiger partial charge < -0.3 is 20.1 Å². The molecule has 1 amide bonds. The summed E-state index contributed by atoms with van der Waals surface area (Å²) < 4.78 is 19.7. The summed E-state index contributed by atoms with van der Waals surface area (Å²) in [5.74, 6) is -0.237. The van der Waals surface area contributed by atoms with Crippen LogP contribution in [-0.2, 0) is 0 Å². The standard InChI is InChI=1S/C25H27FN4O3S/c26-17-5-4-8-19(13-17)33-21-14-20(28-25(32)22-15-27-16-34-22)23(24(21)31)30-11-9-29(10-12-30)18-6-2-1-3-7-18/h1-8,13,15-16,20-21,23-24,31H,9-12,14H2,(H,28,32)/t20-,21-,23+,24+/m1/s1. The number of benzene rings is 2. The maximum absolute atomic E-state index is 13.7. The smallest absolute Gasteiger partial charge is 0.263 e. The number of hydrogen-bond donors (Lipinski definition) is 2. The molecule has 3 aromatic rings. The summed E-state index contributed by atoms with van der Waals surface area (Å²) in [5.41, 5.74) is 2.80. The third-order valence-corrected chi connectivity index (χ3v) is 7.31. The van der Waals surface area contributed by atoms with Gasteiger partial charge in [-0.05, 0) is 24.3 Å². The lowest BCUT2D eigenvalue weighted by Gasteiger charge is -2.42. The lowest BCUT2D eigenvalue weighted by molar-refractivity contribution is 0.00529. The van der Waals surface area contributed by atoms with Crippen molar-refractivity contribution in [3.05, 3.63) is 77.0 Å². The molecule has 0 spiro atoms. The number of aromatic nitrogens is 1. The molecule has 1 saturated heterocycles. The van der Waals surface area contributed by atoms with Gasteiger partial charge in [-0.25, -0.2) is 4.39 Å². The maximum Gasteiger partial charge on any atom is 0.263 e. The van der Waals surface area contributed by atoms with Crippen LogP contribution >= 0.6 is 11.3 Å². The Morgan fingerprint density at radius 2 is 1.91 bits per heavy atom. The van der Waals surface area contributed by atoms with E-state index in [2.05, 4.69) is 32.2 Å². The van der Waals surface area contributed by atoms with Crippen molar-refractivity contribution in [2.45, 2.75) is 30.7 Å². The van der Waals surface area contributed by atoms with E-state index in [1.54, 1.807) is 23.8 Å². The first-order chi connectivity index (χ1) is 16.6. The maximum atomic E-state index is 13.7. The normalized spacial score (nSPS) is 25.3. The van der Waals surface area contributed by atoms with Crippen LogP contribution in [0.2, 0.25) is 0 Å².